The van der Waals surface area contributed by atoms with Gasteiger partial charge in [0.2, 0.25) is 0 Å². The minimum absolute atomic E-state index is 0.436. The summed E-state index contributed by atoms with van der Waals surface area (Å²) in [6, 6.07) is 0.518. The first-order valence-corrected chi connectivity index (χ1v) is 5.10. The van der Waals surface area contributed by atoms with Crippen LogP contribution in [0.25, 0.3) is 0 Å². The summed E-state index contributed by atoms with van der Waals surface area (Å²) in [4.78, 5) is 13.4. The van der Waals surface area contributed by atoms with Gasteiger partial charge in [-0.3, -0.25) is 4.79 Å². The zero-order valence-corrected chi connectivity index (χ0v) is 8.68. The van der Waals surface area contributed by atoms with Gasteiger partial charge in [-0.1, -0.05) is 0 Å². The number of nitrogens with one attached hydrogen (secondary N) is 1. The fourth-order valence-corrected chi connectivity index (χ4v) is 1.86. The largest absolute Gasteiger partial charge is 0.320 e. The Morgan fingerprint density at radius 3 is 2.92 bits per heavy atom. The third-order valence-electron chi connectivity index (χ3n) is 2.78. The molecule has 1 N–H and O–H groups in total. The van der Waals surface area contributed by atoms with Crippen LogP contribution >= 0.6 is 0 Å². The zero-order valence-electron chi connectivity index (χ0n) is 8.68. The summed E-state index contributed by atoms with van der Waals surface area (Å²) < 4.78 is 0. The first kappa shape index (κ1) is 10.7. The van der Waals surface area contributed by atoms with Gasteiger partial charge in [-0.25, -0.2) is 0 Å². The second-order valence-corrected chi connectivity index (χ2v) is 3.87. The fourth-order valence-electron chi connectivity index (χ4n) is 1.86. The normalized spacial score (nSPS) is 23.0. The number of nitrogens with zero attached hydrogens (tertiary/aromatic N) is 1. The second-order valence-electron chi connectivity index (χ2n) is 3.87. The van der Waals surface area contributed by atoms with Crippen molar-refractivity contribution < 1.29 is 4.79 Å². The van der Waals surface area contributed by atoms with Crippen LogP contribution in [0.4, 0.5) is 0 Å². The highest BCUT2D eigenvalue weighted by Crippen LogP contribution is 2.19. The van der Waals surface area contributed by atoms with Crippen molar-refractivity contribution in [3.8, 4) is 0 Å². The number of carbonyl (C=O) groups is 1. The fraction of sp³-hybridized carbons (Fsp3) is 0.900. The van der Waals surface area contributed by atoms with Crippen LogP contribution in [-0.4, -0.2) is 43.9 Å². The molecule has 1 atom stereocenters. The Kier molecular flexibility index (Phi) is 4.39. The molecule has 0 radical (unpaired) electrons. The predicted octanol–water partition coefficient (Wildman–Crippen LogP) is 0.649. The van der Waals surface area contributed by atoms with Crippen molar-refractivity contribution in [2.45, 2.75) is 31.7 Å². The molecular weight excluding hydrogens is 164 g/mol. The van der Waals surface area contributed by atoms with Crippen molar-refractivity contribution >= 4 is 5.78 Å². The van der Waals surface area contributed by atoms with Crippen LogP contribution in [0.15, 0.2) is 0 Å². The minimum Gasteiger partial charge on any atom is -0.320 e. The molecule has 0 aromatic heterocycles. The molecule has 0 bridgehead atoms. The topological polar surface area (TPSA) is 32.3 Å². The lowest BCUT2D eigenvalue weighted by atomic mass is 10.2. The van der Waals surface area contributed by atoms with E-state index in [1.54, 1.807) is 0 Å². The van der Waals surface area contributed by atoms with Crippen molar-refractivity contribution in [3.63, 3.8) is 0 Å². The maximum absolute atomic E-state index is 11.0. The molecule has 0 saturated heterocycles. The first-order valence-electron chi connectivity index (χ1n) is 5.10. The van der Waals surface area contributed by atoms with Gasteiger partial charge >= 0.3 is 0 Å². The standard InChI is InChI=1S/C10H20N2O/c1-11-6-3-7-12(2)9-4-5-10(13)8-9/h9,11H,3-8H2,1-2H3. The molecule has 3 nitrogen and oxygen atoms in total. The number of Topliss-reactive ketones (excluding diaryl/α,β-unsaturated/α-hetero) is 1. The lowest BCUT2D eigenvalue weighted by Crippen LogP contribution is -2.31. The Labute approximate surface area is 80.5 Å². The molecule has 13 heavy (non-hydrogen) atoms. The molecule has 0 aliphatic heterocycles. The molecule has 1 unspecified atom stereocenters. The summed E-state index contributed by atoms with van der Waals surface area (Å²) in [7, 11) is 4.10. The van der Waals surface area contributed by atoms with E-state index in [1.807, 2.05) is 7.05 Å². The van der Waals surface area contributed by atoms with E-state index in [-0.39, 0.29) is 0 Å². The van der Waals surface area contributed by atoms with Crippen LogP contribution in [0.5, 0.6) is 0 Å². The molecule has 0 spiro atoms. The Morgan fingerprint density at radius 1 is 1.62 bits per heavy atom. The van der Waals surface area contributed by atoms with Gasteiger partial charge in [-0.15, -0.1) is 0 Å². The van der Waals surface area contributed by atoms with E-state index in [1.165, 1.54) is 0 Å². The number of carbonyl (C=O) groups excluding carboxylic acids is 1. The minimum atomic E-state index is 0.436. The quantitative estimate of drug-likeness (QED) is 0.637. The summed E-state index contributed by atoms with van der Waals surface area (Å²) >= 11 is 0. The molecule has 1 fully saturated rings. The molecule has 3 heteroatoms. The predicted molar refractivity (Wildman–Crippen MR) is 53.8 cm³/mol. The van der Waals surface area contributed by atoms with Crippen LogP contribution in [0.3, 0.4) is 0 Å². The van der Waals surface area contributed by atoms with E-state index in [2.05, 4.69) is 17.3 Å². The molecular formula is C10H20N2O. The lowest BCUT2D eigenvalue weighted by molar-refractivity contribution is -0.117. The van der Waals surface area contributed by atoms with Gasteiger partial charge in [0.25, 0.3) is 0 Å². The third kappa shape index (κ3) is 3.44. The molecule has 76 valence electrons. The molecule has 0 amide bonds. The first-order chi connectivity index (χ1) is 6.24. The Morgan fingerprint density at radius 2 is 2.38 bits per heavy atom. The molecule has 1 saturated carbocycles. The number of ketones is 1. The number of hydrogen-bond acceptors (Lipinski definition) is 3. The van der Waals surface area contributed by atoms with E-state index in [0.717, 1.165) is 38.8 Å². The molecule has 1 aliphatic rings. The van der Waals surface area contributed by atoms with Gasteiger partial charge in [-0.05, 0) is 40.0 Å². The van der Waals surface area contributed by atoms with Crippen molar-refractivity contribution in [3.05, 3.63) is 0 Å². The van der Waals surface area contributed by atoms with Crippen LogP contribution < -0.4 is 5.32 Å². The highest BCUT2D eigenvalue weighted by molar-refractivity contribution is 5.81. The average molecular weight is 184 g/mol. The van der Waals surface area contributed by atoms with E-state index in [0.29, 0.717) is 11.8 Å². The molecule has 0 aromatic rings. The summed E-state index contributed by atoms with van der Waals surface area (Å²) in [5.74, 6) is 0.436. The van der Waals surface area contributed by atoms with Gasteiger partial charge < -0.3 is 10.2 Å². The molecule has 1 rings (SSSR count). The maximum Gasteiger partial charge on any atom is 0.134 e. The van der Waals surface area contributed by atoms with E-state index in [4.69, 9.17) is 0 Å². The zero-order chi connectivity index (χ0) is 9.68. The summed E-state index contributed by atoms with van der Waals surface area (Å²) in [6.45, 7) is 2.16. The van der Waals surface area contributed by atoms with Crippen molar-refractivity contribution in [1.29, 1.82) is 0 Å². The van der Waals surface area contributed by atoms with Gasteiger partial charge in [0.15, 0.2) is 0 Å². The Balaban J connectivity index is 2.15. The maximum atomic E-state index is 11.0. The SMILES string of the molecule is CNCCCN(C)C1CCC(=O)C1. The molecule has 0 aromatic carbocycles. The molecule has 1 aliphatic carbocycles. The van der Waals surface area contributed by atoms with Gasteiger partial charge in [0.1, 0.15) is 5.78 Å². The third-order valence-corrected chi connectivity index (χ3v) is 2.78. The van der Waals surface area contributed by atoms with Gasteiger partial charge in [-0.2, -0.15) is 0 Å². The highest BCUT2D eigenvalue weighted by Gasteiger charge is 2.24. The van der Waals surface area contributed by atoms with Gasteiger partial charge in [0, 0.05) is 18.9 Å². The van der Waals surface area contributed by atoms with E-state index in [9.17, 15) is 4.79 Å². The Bertz CT molecular complexity index is 170. The van der Waals surface area contributed by atoms with E-state index < -0.39 is 0 Å². The van der Waals surface area contributed by atoms with E-state index >= 15 is 0 Å². The van der Waals surface area contributed by atoms with Crippen molar-refractivity contribution in [2.24, 2.45) is 0 Å². The summed E-state index contributed by atoms with van der Waals surface area (Å²) in [6.07, 6.45) is 3.80. The Hall–Kier alpha value is -0.410. The van der Waals surface area contributed by atoms with Crippen LogP contribution in [0, 0.1) is 0 Å². The lowest BCUT2D eigenvalue weighted by Gasteiger charge is -2.23. The monoisotopic (exact) mass is 184 g/mol. The number of hydrogen-bond donors (Lipinski definition) is 1. The van der Waals surface area contributed by atoms with Crippen molar-refractivity contribution in [2.75, 3.05) is 27.2 Å². The van der Waals surface area contributed by atoms with Crippen molar-refractivity contribution in [1.82, 2.24) is 10.2 Å². The smallest absolute Gasteiger partial charge is 0.134 e. The second kappa shape index (κ2) is 5.35. The summed E-state index contributed by atoms with van der Waals surface area (Å²) in [5.41, 5.74) is 0. The van der Waals surface area contributed by atoms with Crippen LogP contribution in [0.1, 0.15) is 25.7 Å². The number of rotatable bonds is 5. The average Bonchev–Trinajstić information content (AvgIpc) is 2.52. The van der Waals surface area contributed by atoms with Gasteiger partial charge in [0.05, 0.1) is 0 Å². The van der Waals surface area contributed by atoms with Crippen LogP contribution in [0.2, 0.25) is 0 Å². The van der Waals surface area contributed by atoms with Crippen LogP contribution in [-0.2, 0) is 4.79 Å². The molecule has 0 heterocycles. The summed E-state index contributed by atoms with van der Waals surface area (Å²) in [5, 5.41) is 3.13. The highest BCUT2D eigenvalue weighted by atomic mass is 16.1.